The molecule has 0 spiro atoms. The first-order valence-electron chi connectivity index (χ1n) is 5.50. The van der Waals surface area contributed by atoms with Crippen molar-refractivity contribution in [2.75, 3.05) is 0 Å². The molecule has 0 amide bonds. The van der Waals surface area contributed by atoms with Gasteiger partial charge in [0.05, 0.1) is 0 Å². The molecule has 3 aliphatic rings. The summed E-state index contributed by atoms with van der Waals surface area (Å²) in [4.78, 5) is 0. The Kier molecular flexibility index (Phi) is 1.68. The molecule has 0 N–H and O–H groups in total. The van der Waals surface area contributed by atoms with Crippen molar-refractivity contribution >= 4 is 0 Å². The highest BCUT2D eigenvalue weighted by Gasteiger charge is 2.32. The Bertz CT molecular complexity index is 304. The summed E-state index contributed by atoms with van der Waals surface area (Å²) in [7, 11) is 0. The molecule has 0 radical (unpaired) electrons. The fourth-order valence-corrected chi connectivity index (χ4v) is 3.12. The van der Waals surface area contributed by atoms with Crippen molar-refractivity contribution in [2.24, 2.45) is 11.8 Å². The van der Waals surface area contributed by atoms with Gasteiger partial charge in [0.25, 0.3) is 0 Å². The second-order valence-electron chi connectivity index (χ2n) is 4.47. The van der Waals surface area contributed by atoms with Crippen molar-refractivity contribution in [2.45, 2.75) is 32.1 Å². The van der Waals surface area contributed by atoms with Crippen molar-refractivity contribution in [1.29, 1.82) is 0 Å². The van der Waals surface area contributed by atoms with Gasteiger partial charge in [-0.3, -0.25) is 0 Å². The van der Waals surface area contributed by atoms with E-state index in [-0.39, 0.29) is 0 Å². The van der Waals surface area contributed by atoms with E-state index >= 15 is 0 Å². The first-order chi connectivity index (χ1) is 6.45. The summed E-state index contributed by atoms with van der Waals surface area (Å²) in [6, 6.07) is 0. The first kappa shape index (κ1) is 7.61. The zero-order valence-corrected chi connectivity index (χ0v) is 8.00. The molecule has 0 heteroatoms. The van der Waals surface area contributed by atoms with E-state index in [1.807, 2.05) is 0 Å². The molecule has 0 nitrogen and oxygen atoms in total. The summed E-state index contributed by atoms with van der Waals surface area (Å²) in [5.74, 6) is 1.77. The van der Waals surface area contributed by atoms with Crippen LogP contribution in [-0.2, 0) is 0 Å². The van der Waals surface area contributed by atoms with Gasteiger partial charge in [0.1, 0.15) is 0 Å². The largest absolute Gasteiger partial charge is 0.0847 e. The van der Waals surface area contributed by atoms with Gasteiger partial charge in [-0.05, 0) is 49.5 Å². The molecule has 0 saturated heterocycles. The van der Waals surface area contributed by atoms with Crippen molar-refractivity contribution in [1.82, 2.24) is 0 Å². The highest BCUT2D eigenvalue weighted by Crippen LogP contribution is 2.44. The summed E-state index contributed by atoms with van der Waals surface area (Å²) >= 11 is 0. The number of hydrogen-bond donors (Lipinski definition) is 0. The smallest absolute Gasteiger partial charge is 0.00647 e. The van der Waals surface area contributed by atoms with Gasteiger partial charge >= 0.3 is 0 Å². The first-order valence-corrected chi connectivity index (χ1v) is 5.50. The molecule has 0 fully saturated rings. The highest BCUT2D eigenvalue weighted by molar-refractivity contribution is 5.37. The van der Waals surface area contributed by atoms with Crippen LogP contribution >= 0.6 is 0 Å². The summed E-state index contributed by atoms with van der Waals surface area (Å²) < 4.78 is 0. The predicted molar refractivity (Wildman–Crippen MR) is 55.4 cm³/mol. The van der Waals surface area contributed by atoms with Crippen LogP contribution in [0.15, 0.2) is 35.5 Å². The molecule has 0 saturated carbocycles. The Hall–Kier alpha value is -0.780. The third kappa shape index (κ3) is 1.12. The fourth-order valence-electron chi connectivity index (χ4n) is 3.12. The van der Waals surface area contributed by atoms with Crippen molar-refractivity contribution in [3.05, 3.63) is 35.5 Å². The minimum Gasteiger partial charge on any atom is -0.0847 e. The van der Waals surface area contributed by atoms with Crippen LogP contribution < -0.4 is 0 Å². The SMILES string of the molecule is C1=CC2=CCC3=CCCCC3C2C1. The maximum Gasteiger partial charge on any atom is -0.00647 e. The second-order valence-corrected chi connectivity index (χ2v) is 4.47. The second kappa shape index (κ2) is 2.87. The lowest BCUT2D eigenvalue weighted by molar-refractivity contribution is 0.381. The highest BCUT2D eigenvalue weighted by atomic mass is 14.4. The number of fused-ring (bicyclic) bond motifs is 3. The van der Waals surface area contributed by atoms with E-state index < -0.39 is 0 Å². The summed E-state index contributed by atoms with van der Waals surface area (Å²) in [5, 5.41) is 0. The lowest BCUT2D eigenvalue weighted by Gasteiger charge is -2.33. The van der Waals surface area contributed by atoms with Crippen LogP contribution in [0.25, 0.3) is 0 Å². The maximum absolute atomic E-state index is 2.50. The summed E-state index contributed by atoms with van der Waals surface area (Å²) in [5.41, 5.74) is 3.37. The molecule has 0 heterocycles. The zero-order chi connectivity index (χ0) is 8.67. The molecule has 0 bridgehead atoms. The number of rotatable bonds is 0. The average Bonchev–Trinajstić information content (AvgIpc) is 2.65. The quantitative estimate of drug-likeness (QED) is 0.489. The molecule has 2 atom stereocenters. The van der Waals surface area contributed by atoms with Gasteiger partial charge in [-0.1, -0.05) is 29.9 Å². The van der Waals surface area contributed by atoms with Gasteiger partial charge in [0, 0.05) is 0 Å². The van der Waals surface area contributed by atoms with Crippen LogP contribution in [-0.4, -0.2) is 0 Å². The Balaban J connectivity index is 1.97. The van der Waals surface area contributed by atoms with Crippen LogP contribution in [0.2, 0.25) is 0 Å². The minimum atomic E-state index is 0.861. The predicted octanol–water partition coefficient (Wildman–Crippen LogP) is 3.62. The van der Waals surface area contributed by atoms with Gasteiger partial charge in [-0.25, -0.2) is 0 Å². The molecule has 0 aromatic rings. The fraction of sp³-hybridized carbons (Fsp3) is 0.538. The van der Waals surface area contributed by atoms with Crippen LogP contribution in [0.5, 0.6) is 0 Å². The molecule has 0 aliphatic heterocycles. The Morgan fingerprint density at radius 2 is 2.15 bits per heavy atom. The third-order valence-electron chi connectivity index (χ3n) is 3.79. The lowest BCUT2D eigenvalue weighted by Crippen LogP contribution is -2.21. The van der Waals surface area contributed by atoms with Crippen molar-refractivity contribution < 1.29 is 0 Å². The standard InChI is InChI=1S/C13H16/c1-2-6-12-10(4-1)8-9-11-5-3-7-13(11)12/h3-5,9,12-13H,1-2,6-8H2. The summed E-state index contributed by atoms with van der Waals surface area (Å²) in [6.07, 6.45) is 16.4. The molecule has 2 unspecified atom stereocenters. The topological polar surface area (TPSA) is 0 Å². The Morgan fingerprint density at radius 3 is 3.15 bits per heavy atom. The van der Waals surface area contributed by atoms with Crippen LogP contribution in [0, 0.1) is 11.8 Å². The molecule has 3 aliphatic carbocycles. The van der Waals surface area contributed by atoms with Crippen LogP contribution in [0.1, 0.15) is 32.1 Å². The van der Waals surface area contributed by atoms with E-state index in [1.165, 1.54) is 32.1 Å². The number of hydrogen-bond acceptors (Lipinski definition) is 0. The Labute approximate surface area is 80.0 Å². The maximum atomic E-state index is 2.50. The molecular weight excluding hydrogens is 156 g/mol. The molecule has 3 rings (SSSR count). The molecule has 0 aromatic carbocycles. The van der Waals surface area contributed by atoms with Gasteiger partial charge in [0.15, 0.2) is 0 Å². The van der Waals surface area contributed by atoms with E-state index in [9.17, 15) is 0 Å². The van der Waals surface area contributed by atoms with E-state index in [0.717, 1.165) is 11.8 Å². The molecular formula is C13H16. The lowest BCUT2D eigenvalue weighted by atomic mass is 9.71. The van der Waals surface area contributed by atoms with Crippen molar-refractivity contribution in [3.63, 3.8) is 0 Å². The average molecular weight is 172 g/mol. The van der Waals surface area contributed by atoms with Gasteiger partial charge in [0.2, 0.25) is 0 Å². The molecule has 13 heavy (non-hydrogen) atoms. The minimum absolute atomic E-state index is 0.861. The summed E-state index contributed by atoms with van der Waals surface area (Å²) in [6.45, 7) is 0. The van der Waals surface area contributed by atoms with E-state index in [4.69, 9.17) is 0 Å². The van der Waals surface area contributed by atoms with Gasteiger partial charge in [-0.2, -0.15) is 0 Å². The van der Waals surface area contributed by atoms with E-state index in [2.05, 4.69) is 24.3 Å². The van der Waals surface area contributed by atoms with Crippen LogP contribution in [0.3, 0.4) is 0 Å². The van der Waals surface area contributed by atoms with Gasteiger partial charge < -0.3 is 0 Å². The number of allylic oxidation sites excluding steroid dienone is 6. The van der Waals surface area contributed by atoms with E-state index in [0.29, 0.717) is 0 Å². The van der Waals surface area contributed by atoms with Crippen molar-refractivity contribution in [3.8, 4) is 0 Å². The normalized spacial score (nSPS) is 36.3. The molecule has 68 valence electrons. The van der Waals surface area contributed by atoms with Gasteiger partial charge in [-0.15, -0.1) is 0 Å². The zero-order valence-electron chi connectivity index (χ0n) is 8.00. The third-order valence-corrected chi connectivity index (χ3v) is 3.79. The molecule has 0 aromatic heterocycles. The monoisotopic (exact) mass is 172 g/mol. The van der Waals surface area contributed by atoms with Crippen LogP contribution in [0.4, 0.5) is 0 Å². The Morgan fingerprint density at radius 1 is 1.15 bits per heavy atom. The van der Waals surface area contributed by atoms with E-state index in [1.54, 1.807) is 11.1 Å².